The normalized spacial score (nSPS) is 10.9. The van der Waals surface area contributed by atoms with Crippen molar-refractivity contribution in [2.45, 2.75) is 0 Å². The highest BCUT2D eigenvalue weighted by Crippen LogP contribution is 2.41. The Bertz CT molecular complexity index is 169. The first-order valence-electron chi connectivity index (χ1n) is 2.82. The van der Waals surface area contributed by atoms with Crippen molar-refractivity contribution in [2.24, 2.45) is 4.66 Å². The molecule has 0 radical (unpaired) electrons. The van der Waals surface area contributed by atoms with Crippen LogP contribution in [0.25, 0.3) is 0 Å². The van der Waals surface area contributed by atoms with Crippen molar-refractivity contribution in [2.75, 3.05) is 20.5 Å². The minimum absolute atomic E-state index is 1.18. The molecule has 0 heterocycles. The predicted molar refractivity (Wildman–Crippen MR) is 56.6 cm³/mol. The van der Waals surface area contributed by atoms with Crippen LogP contribution in [0.15, 0.2) is 4.66 Å². The summed E-state index contributed by atoms with van der Waals surface area (Å²) in [4.78, 5) is 10.1. The summed E-state index contributed by atoms with van der Waals surface area (Å²) in [6.07, 6.45) is 3.41. The quantitative estimate of drug-likeness (QED) is 0.306. The van der Waals surface area contributed by atoms with Crippen molar-refractivity contribution in [1.29, 1.82) is 0 Å². The van der Waals surface area contributed by atoms with Crippen LogP contribution in [0.1, 0.15) is 0 Å². The van der Waals surface area contributed by atoms with Gasteiger partial charge in [-0.05, 0) is 6.26 Å². The van der Waals surface area contributed by atoms with E-state index in [4.69, 9.17) is 8.37 Å². The van der Waals surface area contributed by atoms with Gasteiger partial charge in [0.25, 0.3) is 0 Å². The van der Waals surface area contributed by atoms with Crippen molar-refractivity contribution in [3.63, 3.8) is 0 Å². The standard InChI is InChI=1S/C4H9NO3S3Si/c1-7-10-12(9-3,5-4-6)11-8-2/h1-3H3. The van der Waals surface area contributed by atoms with Crippen LogP contribution in [-0.4, -0.2) is 32.2 Å². The molecule has 0 amide bonds. The van der Waals surface area contributed by atoms with Gasteiger partial charge in [0.05, 0.1) is 0 Å². The van der Waals surface area contributed by atoms with Gasteiger partial charge in [-0.1, -0.05) is 0 Å². The van der Waals surface area contributed by atoms with Crippen LogP contribution in [0.4, 0.5) is 0 Å². The maximum absolute atomic E-state index is 10.1. The summed E-state index contributed by atoms with van der Waals surface area (Å²) in [6.45, 7) is 0. The number of hydrogen-bond donors (Lipinski definition) is 0. The lowest BCUT2D eigenvalue weighted by Gasteiger charge is -2.16. The second kappa shape index (κ2) is 7.02. The van der Waals surface area contributed by atoms with Crippen molar-refractivity contribution >= 4 is 46.0 Å². The van der Waals surface area contributed by atoms with Crippen LogP contribution in [-0.2, 0) is 13.2 Å². The minimum atomic E-state index is -2.26. The summed E-state index contributed by atoms with van der Waals surface area (Å²) in [7, 11) is 3.08. The van der Waals surface area contributed by atoms with Gasteiger partial charge >= 0.3 is 5.68 Å². The molecule has 0 fully saturated rings. The molecular formula is C4H9NO3S3Si. The molecule has 0 aromatic rings. The van der Waals surface area contributed by atoms with E-state index in [1.165, 1.54) is 34.2 Å². The Morgan fingerprint density at radius 2 is 1.83 bits per heavy atom. The maximum Gasteiger partial charge on any atom is 0.430 e. The molecule has 0 unspecified atom stereocenters. The number of carbonyl (C=O) groups excluding carboxylic acids is 1. The zero-order valence-corrected chi connectivity index (χ0v) is 10.3. The van der Waals surface area contributed by atoms with E-state index in [2.05, 4.69) is 4.66 Å². The van der Waals surface area contributed by atoms with Crippen molar-refractivity contribution in [1.82, 2.24) is 0 Å². The number of isocyanates is 1. The van der Waals surface area contributed by atoms with Gasteiger partial charge < -0.3 is 8.37 Å². The molecule has 0 spiro atoms. The van der Waals surface area contributed by atoms with E-state index in [1.807, 2.05) is 6.26 Å². The van der Waals surface area contributed by atoms with E-state index in [0.717, 1.165) is 0 Å². The van der Waals surface area contributed by atoms with Crippen LogP contribution < -0.4 is 0 Å². The molecule has 0 aromatic carbocycles. The van der Waals surface area contributed by atoms with E-state index in [9.17, 15) is 4.79 Å². The Kier molecular flexibility index (Phi) is 7.35. The minimum Gasteiger partial charge on any atom is -0.321 e. The molecule has 0 saturated carbocycles. The van der Waals surface area contributed by atoms with Gasteiger partial charge in [-0.3, -0.25) is 0 Å². The molecule has 4 nitrogen and oxygen atoms in total. The van der Waals surface area contributed by atoms with E-state index in [1.54, 1.807) is 20.3 Å². The molecule has 70 valence electrons. The van der Waals surface area contributed by atoms with Crippen LogP contribution >= 0.6 is 34.2 Å². The molecule has 0 aliphatic rings. The van der Waals surface area contributed by atoms with Gasteiger partial charge in [-0.2, -0.15) is 0 Å². The van der Waals surface area contributed by atoms with Crippen LogP contribution in [0, 0.1) is 0 Å². The molecule has 0 atom stereocenters. The zero-order valence-electron chi connectivity index (χ0n) is 6.90. The topological polar surface area (TPSA) is 47.9 Å². The first kappa shape index (κ1) is 12.6. The second-order valence-corrected chi connectivity index (χ2v) is 14.0. The largest absolute Gasteiger partial charge is 0.430 e. The molecule has 0 rings (SSSR count). The fourth-order valence-electron chi connectivity index (χ4n) is 0.431. The van der Waals surface area contributed by atoms with Gasteiger partial charge in [0.2, 0.25) is 6.08 Å². The van der Waals surface area contributed by atoms with Crippen LogP contribution in [0.3, 0.4) is 0 Å². The van der Waals surface area contributed by atoms with Crippen LogP contribution in [0.2, 0.25) is 0 Å². The highest BCUT2D eigenvalue weighted by molar-refractivity contribution is 8.78. The van der Waals surface area contributed by atoms with E-state index in [0.29, 0.717) is 0 Å². The fraction of sp³-hybridized carbons (Fsp3) is 0.750. The summed E-state index contributed by atoms with van der Waals surface area (Å²) in [5.41, 5.74) is -2.26. The van der Waals surface area contributed by atoms with Crippen molar-refractivity contribution in [3.8, 4) is 0 Å². The lowest BCUT2D eigenvalue weighted by Crippen LogP contribution is -2.19. The third-order valence-corrected chi connectivity index (χ3v) is 12.5. The number of rotatable bonds is 6. The first-order valence-corrected chi connectivity index (χ1v) is 9.65. The number of nitrogens with zero attached hydrogens (tertiary/aromatic N) is 1. The monoisotopic (exact) mass is 243 g/mol. The van der Waals surface area contributed by atoms with Gasteiger partial charge in [0.1, 0.15) is 0 Å². The SMILES string of the molecule is COS[Si](N=C=O)(SC)SOC. The maximum atomic E-state index is 10.1. The van der Waals surface area contributed by atoms with E-state index < -0.39 is 5.68 Å². The predicted octanol–water partition coefficient (Wildman–Crippen LogP) is 1.71. The van der Waals surface area contributed by atoms with E-state index in [-0.39, 0.29) is 0 Å². The Morgan fingerprint density at radius 3 is 2.08 bits per heavy atom. The average Bonchev–Trinajstić information content (AvgIpc) is 2.06. The lowest BCUT2D eigenvalue weighted by molar-refractivity contribution is 0.493. The van der Waals surface area contributed by atoms with Crippen molar-refractivity contribution in [3.05, 3.63) is 0 Å². The van der Waals surface area contributed by atoms with E-state index >= 15 is 0 Å². The highest BCUT2D eigenvalue weighted by atomic mass is 32.8. The van der Waals surface area contributed by atoms with Gasteiger partial charge in [0, 0.05) is 37.2 Å². The average molecular weight is 243 g/mol. The summed E-state index contributed by atoms with van der Waals surface area (Å²) >= 11 is 3.84. The summed E-state index contributed by atoms with van der Waals surface area (Å²) in [6, 6.07) is 0. The highest BCUT2D eigenvalue weighted by Gasteiger charge is 2.38. The number of hydrogen-bond acceptors (Lipinski definition) is 7. The molecule has 8 heteroatoms. The Balaban J connectivity index is 4.37. The first-order chi connectivity index (χ1) is 5.74. The van der Waals surface area contributed by atoms with Gasteiger partial charge in [-0.15, -0.1) is 11.2 Å². The summed E-state index contributed by atoms with van der Waals surface area (Å²) in [5, 5.41) is 0. The zero-order chi connectivity index (χ0) is 9.45. The molecular weight excluding hydrogens is 234 g/mol. The summed E-state index contributed by atoms with van der Waals surface area (Å²) in [5.74, 6) is 0. The third kappa shape index (κ3) is 3.99. The molecule has 0 aromatic heterocycles. The lowest BCUT2D eigenvalue weighted by atomic mass is 11.7. The van der Waals surface area contributed by atoms with Gasteiger partial charge in [-0.25, -0.2) is 9.45 Å². The molecule has 0 N–H and O–H groups in total. The van der Waals surface area contributed by atoms with Crippen molar-refractivity contribution < 1.29 is 13.2 Å². The molecule has 12 heavy (non-hydrogen) atoms. The smallest absolute Gasteiger partial charge is 0.321 e. The third-order valence-electron chi connectivity index (χ3n) is 0.818. The Hall–Kier alpha value is 0.567. The molecule has 0 aliphatic carbocycles. The molecule has 0 bridgehead atoms. The molecule has 0 aliphatic heterocycles. The second-order valence-electron chi connectivity index (χ2n) is 1.43. The summed E-state index contributed by atoms with van der Waals surface area (Å²) < 4.78 is 13.5. The Labute approximate surface area is 84.3 Å². The van der Waals surface area contributed by atoms with Crippen LogP contribution in [0.5, 0.6) is 0 Å². The molecule has 0 saturated heterocycles. The Morgan fingerprint density at radius 1 is 1.33 bits per heavy atom. The fourth-order valence-corrected chi connectivity index (χ4v) is 7.81. The van der Waals surface area contributed by atoms with Gasteiger partial charge in [0.15, 0.2) is 0 Å².